The van der Waals surface area contributed by atoms with E-state index < -0.39 is 12.7 Å². The van der Waals surface area contributed by atoms with Crippen LogP contribution in [0.3, 0.4) is 0 Å². The average Bonchev–Trinajstić information content (AvgIpc) is 2.35. The summed E-state index contributed by atoms with van der Waals surface area (Å²) in [4.78, 5) is 5.55. The molecule has 0 radical (unpaired) electrons. The summed E-state index contributed by atoms with van der Waals surface area (Å²) in [5, 5.41) is 3.27. The Morgan fingerprint density at radius 2 is 2.00 bits per heavy atom. The molecule has 0 aliphatic rings. The minimum absolute atomic E-state index is 0.216. The minimum Gasteiger partial charge on any atom is -0.310 e. The highest BCUT2D eigenvalue weighted by Crippen LogP contribution is 2.17. The predicted molar refractivity (Wildman–Crippen MR) is 73.2 cm³/mol. The minimum atomic E-state index is -4.17. The Bertz CT molecular complexity index is 388. The first kappa shape index (κ1) is 16.9. The summed E-state index contributed by atoms with van der Waals surface area (Å²) in [5.74, 6) is 0. The number of pyridine rings is 1. The lowest BCUT2D eigenvalue weighted by Gasteiger charge is -2.21. The van der Waals surface area contributed by atoms with Gasteiger partial charge in [0, 0.05) is 25.3 Å². The molecular formula is C14H22F3N3. The summed E-state index contributed by atoms with van der Waals surface area (Å²) in [6.45, 7) is 6.20. The van der Waals surface area contributed by atoms with Gasteiger partial charge in [0.1, 0.15) is 0 Å². The Morgan fingerprint density at radius 1 is 1.30 bits per heavy atom. The first-order chi connectivity index (χ1) is 9.30. The van der Waals surface area contributed by atoms with E-state index in [1.165, 1.54) is 4.90 Å². The second kappa shape index (κ2) is 7.59. The van der Waals surface area contributed by atoms with E-state index in [-0.39, 0.29) is 6.54 Å². The highest BCUT2D eigenvalue weighted by atomic mass is 19.4. The molecule has 1 heterocycles. The fourth-order valence-electron chi connectivity index (χ4n) is 1.74. The molecule has 0 unspecified atom stereocenters. The van der Waals surface area contributed by atoms with Crippen LogP contribution in [-0.4, -0.2) is 35.2 Å². The van der Waals surface area contributed by atoms with E-state index in [0.717, 1.165) is 5.56 Å². The van der Waals surface area contributed by atoms with Gasteiger partial charge in [-0.05, 0) is 18.2 Å². The standard InChI is InChI=1S/C14H22F3N3/c1-4-20(10-14(15,16)17)9-13-6-5-12(8-19-13)7-18-11(2)3/h5-6,8,11,18H,4,7,9-10H2,1-3H3. The lowest BCUT2D eigenvalue weighted by Crippen LogP contribution is -2.33. The molecule has 1 aromatic rings. The SMILES string of the molecule is CCN(Cc1ccc(CNC(C)C)cn1)CC(F)(F)F. The van der Waals surface area contributed by atoms with Gasteiger partial charge < -0.3 is 5.32 Å². The molecule has 1 aromatic heterocycles. The molecule has 0 atom stereocenters. The third-order valence-electron chi connectivity index (χ3n) is 2.84. The lowest BCUT2D eigenvalue weighted by molar-refractivity contribution is -0.146. The van der Waals surface area contributed by atoms with Crippen molar-refractivity contribution in [1.29, 1.82) is 0 Å². The van der Waals surface area contributed by atoms with Crippen molar-refractivity contribution in [2.45, 2.75) is 46.1 Å². The van der Waals surface area contributed by atoms with Crippen LogP contribution < -0.4 is 5.32 Å². The molecule has 0 aromatic carbocycles. The second-order valence-electron chi connectivity index (χ2n) is 5.11. The zero-order valence-corrected chi connectivity index (χ0v) is 12.2. The van der Waals surface area contributed by atoms with Crippen LogP contribution in [0.15, 0.2) is 18.3 Å². The first-order valence-corrected chi connectivity index (χ1v) is 6.76. The molecule has 0 saturated heterocycles. The number of halogens is 3. The zero-order chi connectivity index (χ0) is 15.2. The Kier molecular flexibility index (Phi) is 6.42. The van der Waals surface area contributed by atoms with Gasteiger partial charge in [0.2, 0.25) is 0 Å². The maximum atomic E-state index is 12.4. The van der Waals surface area contributed by atoms with Gasteiger partial charge in [-0.3, -0.25) is 9.88 Å². The molecular weight excluding hydrogens is 267 g/mol. The van der Waals surface area contributed by atoms with Crippen molar-refractivity contribution in [3.05, 3.63) is 29.6 Å². The normalized spacial score (nSPS) is 12.4. The van der Waals surface area contributed by atoms with Crippen LogP contribution in [-0.2, 0) is 13.1 Å². The van der Waals surface area contributed by atoms with Gasteiger partial charge in [-0.15, -0.1) is 0 Å². The quantitative estimate of drug-likeness (QED) is 0.836. The third kappa shape index (κ3) is 6.86. The molecule has 1 rings (SSSR count). The number of aromatic nitrogens is 1. The summed E-state index contributed by atoms with van der Waals surface area (Å²) in [5.41, 5.74) is 1.69. The van der Waals surface area contributed by atoms with E-state index in [0.29, 0.717) is 24.8 Å². The van der Waals surface area contributed by atoms with Crippen LogP contribution in [0, 0.1) is 0 Å². The summed E-state index contributed by atoms with van der Waals surface area (Å²) in [6, 6.07) is 4.08. The van der Waals surface area contributed by atoms with Crippen molar-refractivity contribution >= 4 is 0 Å². The van der Waals surface area contributed by atoms with Crippen molar-refractivity contribution in [2.75, 3.05) is 13.1 Å². The number of rotatable bonds is 7. The third-order valence-corrected chi connectivity index (χ3v) is 2.84. The molecule has 1 N–H and O–H groups in total. The maximum absolute atomic E-state index is 12.4. The molecule has 3 nitrogen and oxygen atoms in total. The molecule has 0 saturated carbocycles. The Labute approximate surface area is 118 Å². The molecule has 6 heteroatoms. The molecule has 0 amide bonds. The second-order valence-corrected chi connectivity index (χ2v) is 5.11. The molecule has 114 valence electrons. The van der Waals surface area contributed by atoms with Crippen molar-refractivity contribution < 1.29 is 13.2 Å². The Balaban J connectivity index is 2.55. The van der Waals surface area contributed by atoms with E-state index >= 15 is 0 Å². The zero-order valence-electron chi connectivity index (χ0n) is 12.2. The predicted octanol–water partition coefficient (Wildman–Crippen LogP) is 2.96. The van der Waals surface area contributed by atoms with Gasteiger partial charge in [-0.2, -0.15) is 13.2 Å². The van der Waals surface area contributed by atoms with Crippen LogP contribution in [0.4, 0.5) is 13.2 Å². The summed E-state index contributed by atoms with van der Waals surface area (Å²) in [6.07, 6.45) is -2.46. The molecule has 0 aliphatic carbocycles. The van der Waals surface area contributed by atoms with Gasteiger partial charge in [0.15, 0.2) is 0 Å². The van der Waals surface area contributed by atoms with E-state index in [9.17, 15) is 13.2 Å². The van der Waals surface area contributed by atoms with E-state index in [1.807, 2.05) is 6.07 Å². The maximum Gasteiger partial charge on any atom is 0.401 e. The highest BCUT2D eigenvalue weighted by molar-refractivity contribution is 5.14. The van der Waals surface area contributed by atoms with Crippen LogP contribution in [0.5, 0.6) is 0 Å². The fraction of sp³-hybridized carbons (Fsp3) is 0.643. The van der Waals surface area contributed by atoms with Gasteiger partial charge in [0.25, 0.3) is 0 Å². The van der Waals surface area contributed by atoms with E-state index in [2.05, 4.69) is 24.1 Å². The topological polar surface area (TPSA) is 28.2 Å². The Morgan fingerprint density at radius 3 is 2.45 bits per heavy atom. The largest absolute Gasteiger partial charge is 0.401 e. The van der Waals surface area contributed by atoms with Crippen molar-refractivity contribution in [3.63, 3.8) is 0 Å². The smallest absolute Gasteiger partial charge is 0.310 e. The number of nitrogens with one attached hydrogen (secondary N) is 1. The lowest BCUT2D eigenvalue weighted by atomic mass is 10.2. The van der Waals surface area contributed by atoms with Crippen molar-refractivity contribution in [2.24, 2.45) is 0 Å². The molecule has 20 heavy (non-hydrogen) atoms. The van der Waals surface area contributed by atoms with Crippen molar-refractivity contribution in [1.82, 2.24) is 15.2 Å². The first-order valence-electron chi connectivity index (χ1n) is 6.76. The van der Waals surface area contributed by atoms with Gasteiger partial charge in [-0.1, -0.05) is 26.8 Å². The fourth-order valence-corrected chi connectivity index (χ4v) is 1.74. The highest BCUT2D eigenvalue weighted by Gasteiger charge is 2.30. The van der Waals surface area contributed by atoms with Crippen molar-refractivity contribution in [3.8, 4) is 0 Å². The number of hydrogen-bond acceptors (Lipinski definition) is 3. The summed E-state index contributed by atoms with van der Waals surface area (Å²) < 4.78 is 37.1. The monoisotopic (exact) mass is 289 g/mol. The van der Waals surface area contributed by atoms with Gasteiger partial charge in [-0.25, -0.2) is 0 Å². The number of hydrogen-bond donors (Lipinski definition) is 1. The molecule has 0 bridgehead atoms. The van der Waals surface area contributed by atoms with Crippen LogP contribution in [0.1, 0.15) is 32.0 Å². The van der Waals surface area contributed by atoms with E-state index in [4.69, 9.17) is 0 Å². The summed E-state index contributed by atoms with van der Waals surface area (Å²) in [7, 11) is 0. The van der Waals surface area contributed by atoms with E-state index in [1.54, 1.807) is 19.2 Å². The molecule has 0 spiro atoms. The summed E-state index contributed by atoms with van der Waals surface area (Å²) >= 11 is 0. The van der Waals surface area contributed by atoms with Crippen LogP contribution in [0.2, 0.25) is 0 Å². The number of alkyl halides is 3. The molecule has 0 aliphatic heterocycles. The Hall–Kier alpha value is -1.14. The number of nitrogens with zero attached hydrogens (tertiary/aromatic N) is 2. The average molecular weight is 289 g/mol. The molecule has 0 fully saturated rings. The van der Waals surface area contributed by atoms with Crippen LogP contribution in [0.25, 0.3) is 0 Å². The van der Waals surface area contributed by atoms with Gasteiger partial charge >= 0.3 is 6.18 Å². The van der Waals surface area contributed by atoms with Gasteiger partial charge in [0.05, 0.1) is 12.2 Å². The van der Waals surface area contributed by atoms with Crippen LogP contribution >= 0.6 is 0 Å².